The first kappa shape index (κ1) is 13.9. The van der Waals surface area contributed by atoms with Crippen LogP contribution in [0.25, 0.3) is 11.6 Å². The topological polar surface area (TPSA) is 54.8 Å². The van der Waals surface area contributed by atoms with Crippen molar-refractivity contribution in [3.63, 3.8) is 0 Å². The molecule has 0 bridgehead atoms. The fourth-order valence-electron chi connectivity index (χ4n) is 2.54. The normalized spacial score (nSPS) is 16.0. The maximum absolute atomic E-state index is 10.3. The van der Waals surface area contributed by atoms with Gasteiger partial charge in [-0.25, -0.2) is 0 Å². The molecular weight excluding hydrogens is 332 g/mol. The van der Waals surface area contributed by atoms with Gasteiger partial charge in [0.2, 0.25) is 11.5 Å². The van der Waals surface area contributed by atoms with E-state index < -0.39 is 0 Å². The minimum atomic E-state index is 0.185. The van der Waals surface area contributed by atoms with Gasteiger partial charge in [0.1, 0.15) is 5.69 Å². The Morgan fingerprint density at radius 1 is 1.29 bits per heavy atom. The number of imidazole rings is 1. The van der Waals surface area contributed by atoms with Crippen molar-refractivity contribution in [2.45, 2.75) is 0 Å². The van der Waals surface area contributed by atoms with Crippen molar-refractivity contribution in [3.05, 3.63) is 39.5 Å². The molecule has 1 aromatic heterocycles. The summed E-state index contributed by atoms with van der Waals surface area (Å²) in [6, 6.07) is 5.98. The first-order chi connectivity index (χ1) is 10.0. The SMILES string of the molecule is CN=c1n(C)c(O)c(C=C2C=Nc3cc(Br)ccc32)n1C. The Bertz CT molecular complexity index is 855. The molecular formula is C15H15BrN4O. The highest BCUT2D eigenvalue weighted by Gasteiger charge is 2.16. The van der Waals surface area contributed by atoms with Gasteiger partial charge in [0, 0.05) is 43.0 Å². The number of aliphatic imine (C=N–C) groups is 1. The standard InChI is InChI=1S/C15H15BrN4O/c1-17-15-19(2)13(14(21)20(15)3)6-9-8-18-12-7-10(16)4-5-11(9)12/h4-8,21H,1-3H3. The summed E-state index contributed by atoms with van der Waals surface area (Å²) in [7, 11) is 5.37. The van der Waals surface area contributed by atoms with Crippen molar-refractivity contribution in [2.24, 2.45) is 24.1 Å². The summed E-state index contributed by atoms with van der Waals surface area (Å²) >= 11 is 3.44. The summed E-state index contributed by atoms with van der Waals surface area (Å²) in [6.07, 6.45) is 3.74. The third kappa shape index (κ3) is 2.15. The lowest BCUT2D eigenvalue weighted by Gasteiger charge is -2.01. The van der Waals surface area contributed by atoms with Gasteiger partial charge in [-0.2, -0.15) is 0 Å². The maximum Gasteiger partial charge on any atom is 0.218 e. The highest BCUT2D eigenvalue weighted by Crippen LogP contribution is 2.35. The lowest BCUT2D eigenvalue weighted by atomic mass is 10.1. The molecule has 0 saturated heterocycles. The van der Waals surface area contributed by atoms with Crippen LogP contribution in [0.15, 0.2) is 32.7 Å². The Balaban J connectivity index is 2.17. The van der Waals surface area contributed by atoms with Crippen LogP contribution in [-0.4, -0.2) is 27.5 Å². The molecule has 1 aliphatic rings. The average Bonchev–Trinajstić information content (AvgIpc) is 2.94. The van der Waals surface area contributed by atoms with E-state index in [0.29, 0.717) is 11.3 Å². The summed E-state index contributed by atoms with van der Waals surface area (Å²) in [5, 5.41) is 10.3. The largest absolute Gasteiger partial charge is 0.493 e. The van der Waals surface area contributed by atoms with Gasteiger partial charge < -0.3 is 9.67 Å². The molecule has 0 atom stereocenters. The van der Waals surface area contributed by atoms with Crippen LogP contribution in [0.4, 0.5) is 5.69 Å². The van der Waals surface area contributed by atoms with Gasteiger partial charge in [0.25, 0.3) is 0 Å². The smallest absolute Gasteiger partial charge is 0.218 e. The number of benzene rings is 1. The molecule has 21 heavy (non-hydrogen) atoms. The van der Waals surface area contributed by atoms with Crippen LogP contribution < -0.4 is 5.62 Å². The van der Waals surface area contributed by atoms with Crippen LogP contribution >= 0.6 is 15.9 Å². The van der Waals surface area contributed by atoms with E-state index in [2.05, 4.69) is 25.9 Å². The van der Waals surface area contributed by atoms with Crippen molar-refractivity contribution >= 4 is 39.5 Å². The number of fused-ring (bicyclic) bond motifs is 1. The quantitative estimate of drug-likeness (QED) is 0.847. The minimum absolute atomic E-state index is 0.185. The molecule has 0 unspecified atom stereocenters. The van der Waals surface area contributed by atoms with E-state index in [1.807, 2.05) is 42.1 Å². The highest BCUT2D eigenvalue weighted by atomic mass is 79.9. The van der Waals surface area contributed by atoms with Gasteiger partial charge in [-0.1, -0.05) is 22.0 Å². The van der Waals surface area contributed by atoms with Crippen LogP contribution in [0.1, 0.15) is 11.3 Å². The van der Waals surface area contributed by atoms with Gasteiger partial charge in [-0.3, -0.25) is 14.6 Å². The molecule has 2 aromatic rings. The Morgan fingerprint density at radius 2 is 2.05 bits per heavy atom. The summed E-state index contributed by atoms with van der Waals surface area (Å²) in [5.41, 5.74) is 4.35. The maximum atomic E-state index is 10.3. The van der Waals surface area contributed by atoms with Crippen molar-refractivity contribution in [2.75, 3.05) is 7.05 Å². The molecule has 0 aliphatic carbocycles. The fourth-order valence-corrected chi connectivity index (χ4v) is 2.89. The summed E-state index contributed by atoms with van der Waals surface area (Å²) in [5.74, 6) is 0.185. The number of nitrogens with zero attached hydrogens (tertiary/aromatic N) is 4. The van der Waals surface area contributed by atoms with E-state index in [4.69, 9.17) is 0 Å². The molecule has 0 amide bonds. The monoisotopic (exact) mass is 346 g/mol. The second-order valence-electron chi connectivity index (χ2n) is 4.87. The Morgan fingerprint density at radius 3 is 2.71 bits per heavy atom. The molecule has 1 aliphatic heterocycles. The molecule has 5 nitrogen and oxygen atoms in total. The predicted octanol–water partition coefficient (Wildman–Crippen LogP) is 2.62. The zero-order valence-corrected chi connectivity index (χ0v) is 13.6. The number of hydrogen-bond acceptors (Lipinski definition) is 3. The summed E-state index contributed by atoms with van der Waals surface area (Å²) < 4.78 is 4.51. The molecule has 1 N–H and O–H groups in total. The number of aromatic hydroxyl groups is 1. The first-order valence-electron chi connectivity index (χ1n) is 6.46. The molecule has 0 radical (unpaired) electrons. The first-order valence-corrected chi connectivity index (χ1v) is 7.25. The fraction of sp³-hybridized carbons (Fsp3) is 0.200. The van der Waals surface area contributed by atoms with Crippen LogP contribution in [0.2, 0.25) is 0 Å². The Labute approximate surface area is 130 Å². The third-order valence-electron chi connectivity index (χ3n) is 3.61. The third-order valence-corrected chi connectivity index (χ3v) is 4.11. The highest BCUT2D eigenvalue weighted by molar-refractivity contribution is 9.10. The molecule has 0 spiro atoms. The van der Waals surface area contributed by atoms with Crippen molar-refractivity contribution in [1.29, 1.82) is 0 Å². The van der Waals surface area contributed by atoms with Crippen LogP contribution in [0, 0.1) is 0 Å². The van der Waals surface area contributed by atoms with E-state index in [0.717, 1.165) is 21.3 Å². The van der Waals surface area contributed by atoms with Gasteiger partial charge in [0.15, 0.2) is 0 Å². The second kappa shape index (κ2) is 5.04. The van der Waals surface area contributed by atoms with Gasteiger partial charge in [-0.05, 0) is 18.2 Å². The Kier molecular flexibility index (Phi) is 3.33. The molecule has 108 valence electrons. The second-order valence-corrected chi connectivity index (χ2v) is 5.79. The molecule has 0 fully saturated rings. The van der Waals surface area contributed by atoms with Crippen molar-refractivity contribution in [3.8, 4) is 5.88 Å². The van der Waals surface area contributed by atoms with Gasteiger partial charge in [-0.15, -0.1) is 0 Å². The number of halogens is 1. The predicted molar refractivity (Wildman–Crippen MR) is 87.7 cm³/mol. The molecule has 6 heteroatoms. The van der Waals surface area contributed by atoms with Crippen molar-refractivity contribution in [1.82, 2.24) is 9.13 Å². The van der Waals surface area contributed by atoms with E-state index in [1.165, 1.54) is 0 Å². The summed E-state index contributed by atoms with van der Waals surface area (Å²) in [4.78, 5) is 8.58. The Hall–Kier alpha value is -2.08. The number of hydrogen-bond donors (Lipinski definition) is 1. The zero-order chi connectivity index (χ0) is 15.1. The van der Waals surface area contributed by atoms with Crippen LogP contribution in [-0.2, 0) is 14.1 Å². The summed E-state index contributed by atoms with van der Waals surface area (Å²) in [6.45, 7) is 0. The molecule has 1 aromatic carbocycles. The van der Waals surface area contributed by atoms with Gasteiger partial charge in [0.05, 0.1) is 5.69 Å². The van der Waals surface area contributed by atoms with E-state index >= 15 is 0 Å². The lowest BCUT2D eigenvalue weighted by molar-refractivity contribution is 0.427. The van der Waals surface area contributed by atoms with E-state index in [-0.39, 0.29) is 5.88 Å². The zero-order valence-electron chi connectivity index (χ0n) is 12.0. The minimum Gasteiger partial charge on any atom is -0.493 e. The van der Waals surface area contributed by atoms with E-state index in [1.54, 1.807) is 18.7 Å². The number of allylic oxidation sites excluding steroid dienone is 1. The molecule has 3 rings (SSSR count). The average molecular weight is 347 g/mol. The van der Waals surface area contributed by atoms with Crippen LogP contribution in [0.5, 0.6) is 5.88 Å². The molecule has 0 saturated carbocycles. The van der Waals surface area contributed by atoms with E-state index in [9.17, 15) is 5.11 Å². The molecule has 2 heterocycles. The van der Waals surface area contributed by atoms with Gasteiger partial charge >= 0.3 is 0 Å². The lowest BCUT2D eigenvalue weighted by Crippen LogP contribution is -2.22. The van der Waals surface area contributed by atoms with Crippen molar-refractivity contribution < 1.29 is 5.11 Å². The van der Waals surface area contributed by atoms with Crippen LogP contribution in [0.3, 0.4) is 0 Å². The number of aromatic nitrogens is 2. The number of rotatable bonds is 1.